The van der Waals surface area contributed by atoms with Gasteiger partial charge in [0.25, 0.3) is 0 Å². The van der Waals surface area contributed by atoms with Gasteiger partial charge in [0.2, 0.25) is 11.7 Å². The maximum Gasteiger partial charge on any atom is 0.224 e. The zero-order chi connectivity index (χ0) is 14.0. The van der Waals surface area contributed by atoms with Crippen LogP contribution in [0.1, 0.15) is 17.4 Å². The van der Waals surface area contributed by atoms with E-state index in [2.05, 4.69) is 15.0 Å². The first-order valence-electron chi connectivity index (χ1n) is 5.26. The number of aromatic nitrogens is 3. The average Bonchev–Trinajstić information content (AvgIpc) is 2.40. The van der Waals surface area contributed by atoms with Crippen molar-refractivity contribution in [3.8, 4) is 5.88 Å². The van der Waals surface area contributed by atoms with Gasteiger partial charge in [0.1, 0.15) is 19.2 Å². The summed E-state index contributed by atoms with van der Waals surface area (Å²) < 4.78 is 25.3. The van der Waals surface area contributed by atoms with Crippen LogP contribution in [0.15, 0.2) is 24.8 Å². The lowest BCUT2D eigenvalue weighted by atomic mass is 10.1. The van der Waals surface area contributed by atoms with Crippen LogP contribution in [0, 0.1) is 5.82 Å². The van der Waals surface area contributed by atoms with Crippen LogP contribution in [-0.2, 0) is 0 Å². The third-order valence-corrected chi connectivity index (χ3v) is 2.37. The van der Waals surface area contributed by atoms with E-state index in [9.17, 15) is 9.18 Å². The third kappa shape index (κ3) is 2.28. The maximum absolute atomic E-state index is 13.2. The average molecular weight is 269 g/mol. The number of methoxy groups -OCH3 is 1. The zero-order valence-corrected chi connectivity index (χ0v) is 9.90. The van der Waals surface area contributed by atoms with Crippen molar-refractivity contribution in [1.82, 2.24) is 15.0 Å². The Morgan fingerprint density at radius 2 is 2.28 bits per heavy atom. The lowest BCUT2D eigenvalue weighted by molar-refractivity contribution is 0.103. The Hall–Kier alpha value is -2.08. The van der Waals surface area contributed by atoms with Gasteiger partial charge in [-0.25, -0.2) is 19.3 Å². The molecule has 0 aliphatic heterocycles. The molecule has 92 valence electrons. The van der Waals surface area contributed by atoms with E-state index in [1.54, 1.807) is 0 Å². The van der Waals surface area contributed by atoms with E-state index < -0.39 is 11.6 Å². The van der Waals surface area contributed by atoms with Crippen LogP contribution >= 0.6 is 11.6 Å². The normalized spacial score (nSPS) is 10.9. The first kappa shape index (κ1) is 11.0. The molecule has 2 rings (SSSR count). The van der Waals surface area contributed by atoms with Crippen molar-refractivity contribution in [1.29, 1.82) is 0 Å². The summed E-state index contributed by atoms with van der Waals surface area (Å²) in [4.78, 5) is 23.0. The molecule has 0 radical (unpaired) electrons. The van der Waals surface area contributed by atoms with Crippen molar-refractivity contribution in [3.05, 3.63) is 46.9 Å². The van der Waals surface area contributed by atoms with Gasteiger partial charge >= 0.3 is 0 Å². The summed E-state index contributed by atoms with van der Waals surface area (Å²) >= 11 is 5.79. The molecule has 0 N–H and O–H groups in total. The Bertz CT molecular complexity index is 654. The number of halogens is 2. The quantitative estimate of drug-likeness (QED) is 0.796. The number of rotatable bonds is 3. The Balaban J connectivity index is 2.55. The van der Waals surface area contributed by atoms with Gasteiger partial charge in [-0.3, -0.25) is 4.79 Å². The van der Waals surface area contributed by atoms with Gasteiger partial charge in [-0.2, -0.15) is 0 Å². The molecule has 0 aliphatic rings. The predicted octanol–water partition coefficient (Wildman–Crippen LogP) is 1.90. The van der Waals surface area contributed by atoms with Gasteiger partial charge in [0.05, 0.1) is 23.9 Å². The molecule has 2 aromatic heterocycles. The number of ether oxygens (including phenoxy) is 1. The van der Waals surface area contributed by atoms with Crippen LogP contribution < -0.4 is 4.74 Å². The van der Waals surface area contributed by atoms with E-state index in [0.717, 1.165) is 18.5 Å². The van der Waals surface area contributed by atoms with E-state index in [1.807, 2.05) is 0 Å². The summed E-state index contributed by atoms with van der Waals surface area (Å²) in [5.41, 5.74) is -0.324. The van der Waals surface area contributed by atoms with Crippen molar-refractivity contribution in [2.45, 2.75) is 0 Å². The zero-order valence-electron chi connectivity index (χ0n) is 10.1. The number of nitrogens with zero attached hydrogens (tertiary/aromatic N) is 3. The summed E-state index contributed by atoms with van der Waals surface area (Å²) in [5, 5.41) is -0.0349. The number of hydrogen-bond acceptors (Lipinski definition) is 5. The second-order valence-corrected chi connectivity index (χ2v) is 3.61. The summed E-state index contributed by atoms with van der Waals surface area (Å²) in [6, 6.07) is 0.968. The summed E-state index contributed by atoms with van der Waals surface area (Å²) in [5.74, 6) is -1.43. The predicted molar refractivity (Wildman–Crippen MR) is 61.2 cm³/mol. The smallest absolute Gasteiger partial charge is 0.224 e. The van der Waals surface area contributed by atoms with Gasteiger partial charge in [0, 0.05) is 6.20 Å². The standard InChI is InChI=1S/C11H7ClFN3O2/c1-18-11-7(2-6(13)3-15-11)10(17)9-8(12)4-14-5-16-9/h2-5H,1H3/i5D. The minimum absolute atomic E-state index is 0.0349. The van der Waals surface area contributed by atoms with Crippen molar-refractivity contribution in [2.75, 3.05) is 7.11 Å². The van der Waals surface area contributed by atoms with E-state index in [-0.39, 0.29) is 28.5 Å². The number of carbonyl (C=O) groups excluding carboxylic acids is 1. The molecule has 2 heterocycles. The number of ketones is 1. The van der Waals surface area contributed by atoms with Crippen molar-refractivity contribution < 1.29 is 15.3 Å². The highest BCUT2D eigenvalue weighted by molar-refractivity contribution is 6.34. The van der Waals surface area contributed by atoms with Gasteiger partial charge in [-0.15, -0.1) is 0 Å². The van der Waals surface area contributed by atoms with E-state index >= 15 is 0 Å². The Kier molecular flexibility index (Phi) is 3.10. The molecule has 0 saturated carbocycles. The van der Waals surface area contributed by atoms with Crippen LogP contribution in [0.5, 0.6) is 5.88 Å². The molecule has 0 fully saturated rings. The van der Waals surface area contributed by atoms with E-state index in [4.69, 9.17) is 17.7 Å². The molecule has 0 atom stereocenters. The molecule has 0 spiro atoms. The third-order valence-electron chi connectivity index (χ3n) is 2.09. The van der Waals surface area contributed by atoms with Crippen LogP contribution in [0.2, 0.25) is 5.02 Å². The van der Waals surface area contributed by atoms with Gasteiger partial charge in [0.15, 0.2) is 0 Å². The minimum atomic E-state index is -0.694. The molecule has 0 aliphatic carbocycles. The summed E-state index contributed by atoms with van der Waals surface area (Å²) in [6.07, 6.45) is 1.69. The Morgan fingerprint density at radius 3 is 3.00 bits per heavy atom. The number of hydrogen-bond donors (Lipinski definition) is 0. The molecule has 18 heavy (non-hydrogen) atoms. The first-order valence-corrected chi connectivity index (χ1v) is 5.14. The molecule has 0 saturated heterocycles. The molecule has 0 amide bonds. The molecule has 7 heteroatoms. The fraction of sp³-hybridized carbons (Fsp3) is 0.0909. The lowest BCUT2D eigenvalue weighted by Gasteiger charge is -2.06. The van der Waals surface area contributed by atoms with Crippen LogP contribution in [-0.4, -0.2) is 27.8 Å². The first-order chi connectivity index (χ1) is 9.02. The van der Waals surface area contributed by atoms with Crippen LogP contribution in [0.3, 0.4) is 0 Å². The molecule has 0 unspecified atom stereocenters. The molecule has 5 nitrogen and oxygen atoms in total. The highest BCUT2D eigenvalue weighted by Gasteiger charge is 2.20. The van der Waals surface area contributed by atoms with E-state index in [1.165, 1.54) is 7.11 Å². The molecule has 0 aromatic carbocycles. The van der Waals surface area contributed by atoms with Gasteiger partial charge in [-0.05, 0) is 6.07 Å². The topological polar surface area (TPSA) is 65.0 Å². The van der Waals surface area contributed by atoms with Crippen molar-refractivity contribution >= 4 is 17.4 Å². The lowest BCUT2D eigenvalue weighted by Crippen LogP contribution is -2.09. The second kappa shape index (κ2) is 5.05. The Morgan fingerprint density at radius 1 is 1.50 bits per heavy atom. The molecule has 2 aromatic rings. The largest absolute Gasteiger partial charge is 0.480 e. The maximum atomic E-state index is 13.2. The van der Waals surface area contributed by atoms with Gasteiger partial charge in [-0.1, -0.05) is 11.6 Å². The van der Waals surface area contributed by atoms with Crippen molar-refractivity contribution in [2.24, 2.45) is 0 Å². The van der Waals surface area contributed by atoms with E-state index in [0.29, 0.717) is 0 Å². The fourth-order valence-corrected chi connectivity index (χ4v) is 1.49. The summed E-state index contributed by atoms with van der Waals surface area (Å²) in [6.45, 7) is 0. The number of carbonyl (C=O) groups is 1. The highest BCUT2D eigenvalue weighted by Crippen LogP contribution is 2.22. The highest BCUT2D eigenvalue weighted by atomic mass is 35.5. The SMILES string of the molecule is [2H]c1ncc(Cl)c(C(=O)c2cc(F)cnc2OC)n1. The van der Waals surface area contributed by atoms with Crippen molar-refractivity contribution in [3.63, 3.8) is 0 Å². The monoisotopic (exact) mass is 268 g/mol. The van der Waals surface area contributed by atoms with Crippen LogP contribution in [0.4, 0.5) is 4.39 Å². The number of pyridine rings is 1. The molecular formula is C11H7ClFN3O2. The van der Waals surface area contributed by atoms with Crippen LogP contribution in [0.25, 0.3) is 0 Å². The molecule has 0 bridgehead atoms. The Labute approximate surface area is 108 Å². The molecular weight excluding hydrogens is 261 g/mol. The minimum Gasteiger partial charge on any atom is -0.480 e. The summed E-state index contributed by atoms with van der Waals surface area (Å²) in [7, 11) is 1.30. The second-order valence-electron chi connectivity index (χ2n) is 3.21. The fourth-order valence-electron chi connectivity index (χ4n) is 1.32. The van der Waals surface area contributed by atoms with Gasteiger partial charge < -0.3 is 4.74 Å².